The Balaban J connectivity index is 0.000000318. The highest BCUT2D eigenvalue weighted by molar-refractivity contribution is 6.28. The molecule has 1 aliphatic rings. The number of anilines is 1. The monoisotopic (exact) mass is 604 g/mol. The van der Waals surface area contributed by atoms with Crippen LogP contribution in [0, 0.1) is 125 Å². The van der Waals surface area contributed by atoms with Crippen LogP contribution in [0.3, 0.4) is 0 Å². The molecule has 0 aromatic carbocycles. The number of carbonyl (C=O) groups excluding carboxylic acids is 1. The average molecular weight is 605 g/mol. The van der Waals surface area contributed by atoms with E-state index in [9.17, 15) is 4.79 Å². The third-order valence-corrected chi connectivity index (χ3v) is 5.35. The summed E-state index contributed by atoms with van der Waals surface area (Å²) in [6.07, 6.45) is 10.7. The largest absolute Gasteiger partial charge is 0.460 e. The predicted octanol–water partition coefficient (Wildman–Crippen LogP) is 4.27. The number of ether oxygens (including phenoxy) is 1. The Morgan fingerprint density at radius 2 is 1.40 bits per heavy atom. The lowest BCUT2D eigenvalue weighted by atomic mass is 10.1. The zero-order chi connectivity index (χ0) is 32.8. The molecule has 2 aromatic rings. The van der Waals surface area contributed by atoms with E-state index in [2.05, 4.69) is 133 Å². The van der Waals surface area contributed by atoms with Gasteiger partial charge in [-0.2, -0.15) is 0 Å². The molecule has 0 radical (unpaired) electrons. The van der Waals surface area contributed by atoms with Crippen molar-refractivity contribution in [2.75, 3.05) is 5.32 Å². The van der Waals surface area contributed by atoms with Gasteiger partial charge >= 0.3 is 5.97 Å². The Morgan fingerprint density at radius 3 is 1.91 bits per heavy atom. The standard InChI is InChI=1S/C21H4.C17H21ClN4O2/c1-3-5-7-9-11-13-15-17-19-21-20-18-16-14-12-10-8-6-4-2;1-17(2,3)24-15(23)10-4-5-11(8-10)20-14-12-6-7-19-9-13(12)21-16(18)22-14/h1H,2H3;6-7,9-11H,4-5,8H2,1-3H3,(H,20,21,22)/t;10?,11-/m.1/s1. The van der Waals surface area contributed by atoms with Gasteiger partial charge in [-0.1, -0.05) is 5.92 Å². The van der Waals surface area contributed by atoms with E-state index in [1.807, 2.05) is 26.8 Å². The third kappa shape index (κ3) is 14.9. The summed E-state index contributed by atoms with van der Waals surface area (Å²) >= 11 is 6.00. The van der Waals surface area contributed by atoms with E-state index in [-0.39, 0.29) is 23.2 Å². The lowest BCUT2D eigenvalue weighted by molar-refractivity contribution is -0.159. The zero-order valence-electron chi connectivity index (χ0n) is 25.1. The average Bonchev–Trinajstić information content (AvgIpc) is 3.47. The van der Waals surface area contributed by atoms with Crippen LogP contribution in [-0.4, -0.2) is 32.6 Å². The Labute approximate surface area is 270 Å². The van der Waals surface area contributed by atoms with Crippen LogP contribution in [0.15, 0.2) is 18.5 Å². The molecule has 0 saturated heterocycles. The highest BCUT2D eigenvalue weighted by atomic mass is 35.5. The molecule has 1 fully saturated rings. The normalized spacial score (nSPS) is 13.0. The molecule has 0 bridgehead atoms. The maximum atomic E-state index is 12.2. The molecular weight excluding hydrogens is 580 g/mol. The first kappa shape index (κ1) is 34.8. The number of hydrogen-bond donors (Lipinski definition) is 1. The molecule has 0 spiro atoms. The number of hydrogen-bond acceptors (Lipinski definition) is 6. The van der Waals surface area contributed by atoms with Crippen LogP contribution in [0.4, 0.5) is 5.82 Å². The van der Waals surface area contributed by atoms with Crippen molar-refractivity contribution in [3.8, 4) is 119 Å². The molecule has 3 rings (SSSR count). The van der Waals surface area contributed by atoms with E-state index < -0.39 is 5.60 Å². The molecule has 1 unspecified atom stereocenters. The van der Waals surface area contributed by atoms with Crippen LogP contribution in [0.5, 0.6) is 0 Å². The van der Waals surface area contributed by atoms with E-state index in [0.29, 0.717) is 11.3 Å². The second kappa shape index (κ2) is 19.7. The van der Waals surface area contributed by atoms with Gasteiger partial charge in [0, 0.05) is 29.5 Å². The summed E-state index contributed by atoms with van der Waals surface area (Å²) in [5, 5.41) is 4.45. The van der Waals surface area contributed by atoms with Gasteiger partial charge in [0.05, 0.1) is 17.6 Å². The first-order chi connectivity index (χ1) is 21.7. The van der Waals surface area contributed by atoms with Crippen molar-refractivity contribution >= 4 is 34.3 Å². The molecule has 0 amide bonds. The minimum absolute atomic E-state index is 0.0769. The topological polar surface area (TPSA) is 77.0 Å². The first-order valence-electron chi connectivity index (χ1n) is 13.4. The predicted molar refractivity (Wildman–Crippen MR) is 177 cm³/mol. The second-order valence-corrected chi connectivity index (χ2v) is 9.98. The summed E-state index contributed by atoms with van der Waals surface area (Å²) in [6.45, 7) is 7.36. The molecule has 1 aliphatic carbocycles. The van der Waals surface area contributed by atoms with Crippen molar-refractivity contribution in [3.05, 3.63) is 23.7 Å². The van der Waals surface area contributed by atoms with Gasteiger partial charge in [-0.3, -0.25) is 9.78 Å². The van der Waals surface area contributed by atoms with Gasteiger partial charge in [0.25, 0.3) is 0 Å². The Hall–Kier alpha value is -6.35. The van der Waals surface area contributed by atoms with Crippen LogP contribution in [-0.2, 0) is 9.53 Å². The Bertz CT molecular complexity index is 2050. The van der Waals surface area contributed by atoms with Crippen molar-refractivity contribution < 1.29 is 9.53 Å². The minimum atomic E-state index is -0.452. The van der Waals surface area contributed by atoms with E-state index >= 15 is 0 Å². The number of rotatable bonds is 3. The lowest BCUT2D eigenvalue weighted by Gasteiger charge is -2.22. The molecule has 1 saturated carbocycles. The minimum Gasteiger partial charge on any atom is -0.460 e. The number of carbonyl (C=O) groups is 1. The SMILES string of the molecule is C#CC#CC#CC#CC#CC#CC#CC#CC#CC#CC.CC(C)(C)OC(=O)C1CC[C@@H](Nc2nc(Cl)nc3cnccc23)C1. The molecule has 0 aliphatic heterocycles. The summed E-state index contributed by atoms with van der Waals surface area (Å²) in [5.41, 5.74) is 0.244. The Morgan fingerprint density at radius 1 is 0.867 bits per heavy atom. The summed E-state index contributed by atoms with van der Waals surface area (Å²) < 4.78 is 5.49. The van der Waals surface area contributed by atoms with Crippen LogP contribution >= 0.6 is 11.6 Å². The van der Waals surface area contributed by atoms with Crippen LogP contribution < -0.4 is 5.32 Å². The van der Waals surface area contributed by atoms with Gasteiger partial charge in [0.15, 0.2) is 0 Å². The fourth-order valence-corrected chi connectivity index (χ4v) is 3.71. The maximum Gasteiger partial charge on any atom is 0.309 e. The summed E-state index contributed by atoms with van der Waals surface area (Å²) in [7, 11) is 0. The quantitative estimate of drug-likeness (QED) is 0.320. The Kier molecular flexibility index (Phi) is 15.3. The highest BCUT2D eigenvalue weighted by Gasteiger charge is 2.33. The van der Waals surface area contributed by atoms with Gasteiger partial charge in [0.2, 0.25) is 5.28 Å². The van der Waals surface area contributed by atoms with Gasteiger partial charge in [-0.05, 0) is 159 Å². The molecule has 6 nitrogen and oxygen atoms in total. The maximum absolute atomic E-state index is 12.2. The molecule has 2 atom stereocenters. The van der Waals surface area contributed by atoms with E-state index in [1.54, 1.807) is 19.3 Å². The zero-order valence-corrected chi connectivity index (χ0v) is 25.9. The number of halogens is 1. The third-order valence-electron chi connectivity index (χ3n) is 5.18. The van der Waals surface area contributed by atoms with Crippen molar-refractivity contribution in [1.82, 2.24) is 15.0 Å². The summed E-state index contributed by atoms with van der Waals surface area (Å²) in [6, 6.07) is 2.01. The molecular formula is C38H25ClN4O2. The van der Waals surface area contributed by atoms with E-state index in [1.165, 1.54) is 0 Å². The fourth-order valence-electron chi connectivity index (χ4n) is 3.53. The molecule has 1 N–H and O–H groups in total. The lowest BCUT2D eigenvalue weighted by Crippen LogP contribution is -2.28. The molecule has 45 heavy (non-hydrogen) atoms. The van der Waals surface area contributed by atoms with Crippen molar-refractivity contribution in [2.45, 2.75) is 58.6 Å². The molecule has 7 heteroatoms. The van der Waals surface area contributed by atoms with E-state index in [0.717, 1.165) is 24.6 Å². The van der Waals surface area contributed by atoms with Gasteiger partial charge < -0.3 is 10.1 Å². The molecule has 2 heterocycles. The summed E-state index contributed by atoms with van der Waals surface area (Å²) in [5.74, 6) is 47.4. The number of fused-ring (bicyclic) bond motifs is 1. The molecule has 216 valence electrons. The smallest absolute Gasteiger partial charge is 0.309 e. The van der Waals surface area contributed by atoms with Crippen molar-refractivity contribution in [3.63, 3.8) is 0 Å². The number of nitrogens with one attached hydrogen (secondary N) is 1. The number of esters is 1. The van der Waals surface area contributed by atoms with Crippen molar-refractivity contribution in [1.29, 1.82) is 0 Å². The van der Waals surface area contributed by atoms with Gasteiger partial charge in [-0.25, -0.2) is 9.97 Å². The van der Waals surface area contributed by atoms with E-state index in [4.69, 9.17) is 22.8 Å². The van der Waals surface area contributed by atoms with Crippen LogP contribution in [0.25, 0.3) is 10.9 Å². The van der Waals surface area contributed by atoms with Crippen LogP contribution in [0.2, 0.25) is 5.28 Å². The number of nitrogens with zero attached hydrogens (tertiary/aromatic N) is 3. The first-order valence-corrected chi connectivity index (χ1v) is 13.7. The highest BCUT2D eigenvalue weighted by Crippen LogP contribution is 2.31. The number of pyridine rings is 1. The molecule has 2 aromatic heterocycles. The fraction of sp³-hybridized carbons (Fsp3) is 0.263. The summed E-state index contributed by atoms with van der Waals surface area (Å²) in [4.78, 5) is 24.7. The van der Waals surface area contributed by atoms with Crippen molar-refractivity contribution in [2.24, 2.45) is 5.92 Å². The number of terminal acetylenes is 1. The second-order valence-electron chi connectivity index (χ2n) is 9.64. The number of aromatic nitrogens is 3. The van der Waals surface area contributed by atoms with Gasteiger partial charge in [-0.15, -0.1) is 6.42 Å². The van der Waals surface area contributed by atoms with Gasteiger partial charge in [0.1, 0.15) is 11.4 Å². The van der Waals surface area contributed by atoms with Crippen LogP contribution in [0.1, 0.15) is 47.0 Å².